The van der Waals surface area contributed by atoms with Crippen LogP contribution in [0.15, 0.2) is 6.20 Å². The number of carbonyl (C=O) groups excluding carboxylic acids is 1. The van der Waals surface area contributed by atoms with Gasteiger partial charge in [0.2, 0.25) is 0 Å². The lowest BCUT2D eigenvalue weighted by atomic mass is 10.4. The Morgan fingerprint density at radius 1 is 1.71 bits per heavy atom. The summed E-state index contributed by atoms with van der Waals surface area (Å²) in [4.78, 5) is 17.9. The molecule has 2 amide bonds. The highest BCUT2D eigenvalue weighted by Gasteiger charge is 2.08. The summed E-state index contributed by atoms with van der Waals surface area (Å²) in [5, 5.41) is 11.8. The van der Waals surface area contributed by atoms with Crippen molar-refractivity contribution in [3.05, 3.63) is 11.1 Å². The average Bonchev–Trinajstić information content (AvgIpc) is 2.76. The third-order valence-electron chi connectivity index (χ3n) is 1.99. The monoisotopic (exact) mass is 253 g/mol. The fourth-order valence-corrected chi connectivity index (χ4v) is 1.61. The minimum absolute atomic E-state index is 0.0523. The van der Waals surface area contributed by atoms with Crippen molar-refractivity contribution in [3.8, 4) is 11.8 Å². The van der Waals surface area contributed by atoms with Crippen molar-refractivity contribution in [2.45, 2.75) is 13.3 Å². The topological polar surface area (TPSA) is 65.5 Å². The molecule has 0 aliphatic carbocycles. The first-order valence-corrected chi connectivity index (χ1v) is 6.06. The van der Waals surface area contributed by atoms with Crippen LogP contribution < -0.4 is 5.32 Å². The van der Waals surface area contributed by atoms with E-state index >= 15 is 0 Å². The first-order chi connectivity index (χ1) is 8.17. The molecule has 1 rings (SSSR count). The van der Waals surface area contributed by atoms with Crippen molar-refractivity contribution in [1.82, 2.24) is 9.88 Å². The molecular weight excluding hydrogens is 238 g/mol. The molecule has 92 valence electrons. The zero-order valence-electron chi connectivity index (χ0n) is 9.86. The van der Waals surface area contributed by atoms with E-state index in [9.17, 15) is 4.79 Å². The van der Waals surface area contributed by atoms with Gasteiger partial charge in [-0.15, -0.1) is 0 Å². The SMILES string of the molecule is CCN(C)C(=O)Nc1ncc(C#CCCO)s1. The lowest BCUT2D eigenvalue weighted by Gasteiger charge is -2.13. The van der Waals surface area contributed by atoms with Crippen LogP contribution >= 0.6 is 11.3 Å². The molecule has 17 heavy (non-hydrogen) atoms. The molecule has 0 radical (unpaired) electrons. The van der Waals surface area contributed by atoms with E-state index in [0.717, 1.165) is 4.88 Å². The van der Waals surface area contributed by atoms with Gasteiger partial charge in [0.05, 0.1) is 17.7 Å². The Labute approximate surface area is 104 Å². The number of urea groups is 1. The van der Waals surface area contributed by atoms with E-state index in [0.29, 0.717) is 18.1 Å². The lowest BCUT2D eigenvalue weighted by Crippen LogP contribution is -2.30. The second kappa shape index (κ2) is 6.89. The summed E-state index contributed by atoms with van der Waals surface area (Å²) in [6.45, 7) is 2.59. The Kier molecular flexibility index (Phi) is 5.46. The number of anilines is 1. The summed E-state index contributed by atoms with van der Waals surface area (Å²) >= 11 is 1.31. The molecule has 1 aromatic rings. The molecule has 5 nitrogen and oxygen atoms in total. The van der Waals surface area contributed by atoms with Crippen LogP contribution in [-0.4, -0.2) is 41.2 Å². The van der Waals surface area contributed by atoms with Crippen LogP contribution in [-0.2, 0) is 0 Å². The van der Waals surface area contributed by atoms with Crippen molar-refractivity contribution < 1.29 is 9.90 Å². The van der Waals surface area contributed by atoms with Crippen LogP contribution in [0.2, 0.25) is 0 Å². The normalized spacial score (nSPS) is 9.35. The summed E-state index contributed by atoms with van der Waals surface area (Å²) in [6, 6.07) is -0.184. The predicted molar refractivity (Wildman–Crippen MR) is 68.0 cm³/mol. The van der Waals surface area contributed by atoms with Crippen LogP contribution in [0.5, 0.6) is 0 Å². The van der Waals surface area contributed by atoms with Gasteiger partial charge >= 0.3 is 6.03 Å². The average molecular weight is 253 g/mol. The molecule has 6 heteroatoms. The highest BCUT2D eigenvalue weighted by molar-refractivity contribution is 7.16. The number of nitrogens with zero attached hydrogens (tertiary/aromatic N) is 2. The number of hydrogen-bond acceptors (Lipinski definition) is 4. The number of carbonyl (C=O) groups is 1. The Bertz CT molecular complexity index is 433. The molecule has 1 heterocycles. The maximum absolute atomic E-state index is 11.5. The van der Waals surface area contributed by atoms with Gasteiger partial charge in [0.25, 0.3) is 0 Å². The molecule has 0 aliphatic rings. The summed E-state index contributed by atoms with van der Waals surface area (Å²) in [5.74, 6) is 5.66. The van der Waals surface area contributed by atoms with E-state index in [1.165, 1.54) is 11.3 Å². The molecule has 0 aliphatic heterocycles. The number of hydrogen-bond donors (Lipinski definition) is 2. The minimum Gasteiger partial charge on any atom is -0.395 e. The largest absolute Gasteiger partial charge is 0.395 e. The molecule has 0 saturated carbocycles. The van der Waals surface area contributed by atoms with Crippen LogP contribution in [0.4, 0.5) is 9.93 Å². The molecule has 0 fully saturated rings. The predicted octanol–water partition coefficient (Wildman–Crippen LogP) is 1.36. The van der Waals surface area contributed by atoms with Gasteiger partial charge in [0.1, 0.15) is 0 Å². The summed E-state index contributed by atoms with van der Waals surface area (Å²) < 4.78 is 0. The third kappa shape index (κ3) is 4.43. The van der Waals surface area contributed by atoms with E-state index in [1.54, 1.807) is 18.1 Å². The second-order valence-electron chi connectivity index (χ2n) is 3.25. The number of rotatable bonds is 3. The fraction of sp³-hybridized carbons (Fsp3) is 0.455. The summed E-state index contributed by atoms with van der Waals surface area (Å²) in [6.07, 6.45) is 2.05. The number of aromatic nitrogens is 1. The van der Waals surface area contributed by atoms with E-state index < -0.39 is 0 Å². The Hall–Kier alpha value is -1.58. The Morgan fingerprint density at radius 2 is 2.47 bits per heavy atom. The van der Waals surface area contributed by atoms with Crippen molar-refractivity contribution in [2.24, 2.45) is 0 Å². The Balaban J connectivity index is 2.57. The van der Waals surface area contributed by atoms with Crippen LogP contribution in [0.25, 0.3) is 0 Å². The molecule has 2 N–H and O–H groups in total. The van der Waals surface area contributed by atoms with Crippen molar-refractivity contribution in [2.75, 3.05) is 25.5 Å². The molecule has 1 aromatic heterocycles. The first kappa shape index (κ1) is 13.5. The van der Waals surface area contributed by atoms with Crippen molar-refractivity contribution in [1.29, 1.82) is 0 Å². The van der Waals surface area contributed by atoms with Crippen LogP contribution in [0.3, 0.4) is 0 Å². The number of nitrogens with one attached hydrogen (secondary N) is 1. The van der Waals surface area contributed by atoms with Gasteiger partial charge < -0.3 is 10.0 Å². The summed E-state index contributed by atoms with van der Waals surface area (Å²) in [7, 11) is 1.71. The number of aliphatic hydroxyl groups is 1. The van der Waals surface area contributed by atoms with E-state index in [1.807, 2.05) is 6.92 Å². The highest BCUT2D eigenvalue weighted by Crippen LogP contribution is 2.17. The lowest BCUT2D eigenvalue weighted by molar-refractivity contribution is 0.224. The van der Waals surface area contributed by atoms with Gasteiger partial charge in [-0.25, -0.2) is 9.78 Å². The first-order valence-electron chi connectivity index (χ1n) is 5.25. The van der Waals surface area contributed by atoms with E-state index in [-0.39, 0.29) is 12.6 Å². The Morgan fingerprint density at radius 3 is 3.12 bits per heavy atom. The number of amides is 2. The zero-order chi connectivity index (χ0) is 12.7. The molecule has 0 unspecified atom stereocenters. The van der Waals surface area contributed by atoms with Gasteiger partial charge in [-0.3, -0.25) is 5.32 Å². The summed E-state index contributed by atoms with van der Waals surface area (Å²) in [5.41, 5.74) is 0. The van der Waals surface area contributed by atoms with Gasteiger partial charge in [0.15, 0.2) is 5.13 Å². The highest BCUT2D eigenvalue weighted by atomic mass is 32.1. The molecule has 0 atom stereocenters. The number of aliphatic hydroxyl groups excluding tert-OH is 1. The second-order valence-corrected chi connectivity index (χ2v) is 4.28. The quantitative estimate of drug-likeness (QED) is 0.799. The molecule has 0 spiro atoms. The smallest absolute Gasteiger partial charge is 0.323 e. The maximum Gasteiger partial charge on any atom is 0.323 e. The minimum atomic E-state index is -0.184. The molecule has 0 aromatic carbocycles. The zero-order valence-corrected chi connectivity index (χ0v) is 10.7. The van der Waals surface area contributed by atoms with Gasteiger partial charge in [-0.1, -0.05) is 23.2 Å². The maximum atomic E-state index is 11.5. The molecular formula is C11H15N3O2S. The van der Waals surface area contributed by atoms with E-state index in [4.69, 9.17) is 5.11 Å². The van der Waals surface area contributed by atoms with Gasteiger partial charge in [0, 0.05) is 20.0 Å². The van der Waals surface area contributed by atoms with Gasteiger partial charge in [-0.2, -0.15) is 0 Å². The molecule has 0 bridgehead atoms. The van der Waals surface area contributed by atoms with Crippen LogP contribution in [0.1, 0.15) is 18.2 Å². The standard InChI is InChI=1S/C11H15N3O2S/c1-3-14(2)11(16)13-10-12-8-9(17-10)6-4-5-7-15/h8,15H,3,5,7H2,1-2H3,(H,12,13,16). The number of thiazole rings is 1. The third-order valence-corrected chi connectivity index (χ3v) is 2.82. The molecule has 0 saturated heterocycles. The van der Waals surface area contributed by atoms with Crippen LogP contribution in [0, 0.1) is 11.8 Å². The van der Waals surface area contributed by atoms with Gasteiger partial charge in [-0.05, 0) is 6.92 Å². The fourth-order valence-electron chi connectivity index (χ4n) is 0.926. The van der Waals surface area contributed by atoms with Crippen molar-refractivity contribution >= 4 is 22.5 Å². The van der Waals surface area contributed by atoms with E-state index in [2.05, 4.69) is 22.1 Å². The van der Waals surface area contributed by atoms with Crippen molar-refractivity contribution in [3.63, 3.8) is 0 Å².